The van der Waals surface area contributed by atoms with E-state index in [0.29, 0.717) is 6.20 Å². The zero-order valence-electron chi connectivity index (χ0n) is 12.3. The maximum Gasteiger partial charge on any atom is 0.421 e. The van der Waals surface area contributed by atoms with Gasteiger partial charge in [0, 0.05) is 18.8 Å². The first kappa shape index (κ1) is 16.8. The van der Waals surface area contributed by atoms with Crippen molar-refractivity contribution >= 4 is 17.5 Å². The summed E-state index contributed by atoms with van der Waals surface area (Å²) in [5.74, 6) is -1.37. The SMILES string of the molecule is CCNc1nc(Nc2cc[c]c(F)c2OC)ncc1C(F)(F)F. The second kappa shape index (κ2) is 6.67. The number of halogens is 4. The number of benzene rings is 1. The Hall–Kier alpha value is -2.58. The smallest absolute Gasteiger partial charge is 0.421 e. The highest BCUT2D eigenvalue weighted by molar-refractivity contribution is 5.63. The lowest BCUT2D eigenvalue weighted by Crippen LogP contribution is -2.14. The number of ether oxygens (including phenoxy) is 1. The van der Waals surface area contributed by atoms with Gasteiger partial charge in [-0.1, -0.05) is 0 Å². The Morgan fingerprint density at radius 3 is 2.70 bits per heavy atom. The second-order valence-electron chi connectivity index (χ2n) is 4.35. The summed E-state index contributed by atoms with van der Waals surface area (Å²) in [4.78, 5) is 7.41. The standard InChI is InChI=1S/C14H13F4N4O/c1-3-19-12-8(14(16,17)18)7-20-13(22-12)21-10-6-4-5-9(15)11(10)23-2/h4,6-7H,3H2,1-2H3,(H2,19,20,21,22). The van der Waals surface area contributed by atoms with Crippen LogP contribution < -0.4 is 15.4 Å². The molecule has 0 spiro atoms. The van der Waals surface area contributed by atoms with Gasteiger partial charge in [0.2, 0.25) is 5.95 Å². The van der Waals surface area contributed by atoms with Crippen LogP contribution in [-0.4, -0.2) is 23.6 Å². The fourth-order valence-electron chi connectivity index (χ4n) is 1.83. The van der Waals surface area contributed by atoms with Gasteiger partial charge in [0.15, 0.2) is 11.6 Å². The molecule has 0 fully saturated rings. The van der Waals surface area contributed by atoms with Crippen molar-refractivity contribution < 1.29 is 22.3 Å². The molecule has 0 saturated carbocycles. The minimum absolute atomic E-state index is 0.127. The summed E-state index contributed by atoms with van der Waals surface area (Å²) < 4.78 is 57.1. The molecule has 1 aromatic heterocycles. The van der Waals surface area contributed by atoms with Crippen molar-refractivity contribution in [1.29, 1.82) is 0 Å². The summed E-state index contributed by atoms with van der Waals surface area (Å²) in [6.45, 7) is 1.89. The quantitative estimate of drug-likeness (QED) is 0.821. The van der Waals surface area contributed by atoms with Gasteiger partial charge in [0.25, 0.3) is 0 Å². The molecule has 0 amide bonds. The van der Waals surface area contributed by atoms with Crippen molar-refractivity contribution in [2.75, 3.05) is 24.3 Å². The molecule has 23 heavy (non-hydrogen) atoms. The van der Waals surface area contributed by atoms with Crippen LogP contribution in [0.1, 0.15) is 12.5 Å². The third kappa shape index (κ3) is 3.79. The molecule has 0 aliphatic heterocycles. The molecule has 9 heteroatoms. The van der Waals surface area contributed by atoms with Gasteiger partial charge in [0.05, 0.1) is 12.8 Å². The lowest BCUT2D eigenvalue weighted by Gasteiger charge is -2.15. The lowest BCUT2D eigenvalue weighted by atomic mass is 10.2. The number of anilines is 3. The molecule has 0 aliphatic rings. The summed E-state index contributed by atoms with van der Waals surface area (Å²) in [5, 5.41) is 5.15. The fraction of sp³-hybridized carbons (Fsp3) is 0.286. The predicted octanol–water partition coefficient (Wildman–Crippen LogP) is 3.62. The summed E-state index contributed by atoms with van der Waals surface area (Å²) in [5.41, 5.74) is -0.810. The van der Waals surface area contributed by atoms with Gasteiger partial charge < -0.3 is 15.4 Å². The van der Waals surface area contributed by atoms with E-state index in [1.54, 1.807) is 6.92 Å². The summed E-state index contributed by atoms with van der Waals surface area (Å²) in [6, 6.07) is 5.05. The largest absolute Gasteiger partial charge is 0.492 e. The van der Waals surface area contributed by atoms with Gasteiger partial charge in [-0.25, -0.2) is 9.37 Å². The van der Waals surface area contributed by atoms with Crippen molar-refractivity contribution in [2.24, 2.45) is 0 Å². The van der Waals surface area contributed by atoms with Gasteiger partial charge in [-0.05, 0) is 19.1 Å². The van der Waals surface area contributed by atoms with Gasteiger partial charge in [-0.15, -0.1) is 0 Å². The monoisotopic (exact) mass is 329 g/mol. The molecule has 2 N–H and O–H groups in total. The highest BCUT2D eigenvalue weighted by Crippen LogP contribution is 2.35. The number of hydrogen-bond donors (Lipinski definition) is 2. The van der Waals surface area contributed by atoms with E-state index in [9.17, 15) is 17.6 Å². The van der Waals surface area contributed by atoms with Crippen LogP contribution in [0, 0.1) is 11.9 Å². The van der Waals surface area contributed by atoms with Crippen LogP contribution in [0.4, 0.5) is 35.0 Å². The molecular formula is C14H13F4N4O. The van der Waals surface area contributed by atoms with Crippen LogP contribution >= 0.6 is 0 Å². The molecule has 0 atom stereocenters. The number of aromatic nitrogens is 2. The van der Waals surface area contributed by atoms with Gasteiger partial charge in [-0.3, -0.25) is 0 Å². The van der Waals surface area contributed by atoms with E-state index in [2.05, 4.69) is 26.7 Å². The zero-order valence-corrected chi connectivity index (χ0v) is 12.3. The average Bonchev–Trinajstić information content (AvgIpc) is 2.47. The number of alkyl halides is 3. The molecule has 0 saturated heterocycles. The average molecular weight is 329 g/mol. The molecule has 1 radical (unpaired) electrons. The van der Waals surface area contributed by atoms with Crippen LogP contribution in [0.3, 0.4) is 0 Å². The number of hydrogen-bond acceptors (Lipinski definition) is 5. The van der Waals surface area contributed by atoms with Gasteiger partial charge in [-0.2, -0.15) is 18.2 Å². The van der Waals surface area contributed by atoms with Crippen molar-refractivity contribution in [3.05, 3.63) is 35.8 Å². The zero-order chi connectivity index (χ0) is 17.0. The molecule has 2 aromatic rings. The first-order valence-electron chi connectivity index (χ1n) is 6.56. The van der Waals surface area contributed by atoms with Crippen LogP contribution in [-0.2, 0) is 6.18 Å². The Balaban J connectivity index is 2.38. The van der Waals surface area contributed by atoms with Crippen LogP contribution in [0.15, 0.2) is 18.3 Å². The van der Waals surface area contributed by atoms with Crippen LogP contribution in [0.25, 0.3) is 0 Å². The molecule has 0 unspecified atom stereocenters. The minimum Gasteiger partial charge on any atom is -0.492 e. The van der Waals surface area contributed by atoms with Crippen molar-refractivity contribution in [3.8, 4) is 5.75 Å². The molecule has 0 bridgehead atoms. The minimum atomic E-state index is -4.58. The summed E-state index contributed by atoms with van der Waals surface area (Å²) in [6.07, 6.45) is -3.92. The number of nitrogens with one attached hydrogen (secondary N) is 2. The van der Waals surface area contributed by atoms with Crippen LogP contribution in [0.2, 0.25) is 0 Å². The van der Waals surface area contributed by atoms with E-state index in [0.717, 1.165) is 0 Å². The first-order valence-corrected chi connectivity index (χ1v) is 6.56. The van der Waals surface area contributed by atoms with Crippen molar-refractivity contribution in [1.82, 2.24) is 9.97 Å². The van der Waals surface area contributed by atoms with Gasteiger partial charge in [0.1, 0.15) is 11.4 Å². The highest BCUT2D eigenvalue weighted by Gasteiger charge is 2.35. The van der Waals surface area contributed by atoms with Crippen molar-refractivity contribution in [3.63, 3.8) is 0 Å². The summed E-state index contributed by atoms with van der Waals surface area (Å²) in [7, 11) is 1.26. The Bertz CT molecular complexity index is 691. The maximum absolute atomic E-state index is 13.6. The Morgan fingerprint density at radius 1 is 1.35 bits per heavy atom. The molecular weight excluding hydrogens is 316 g/mol. The number of methoxy groups -OCH3 is 1. The van der Waals surface area contributed by atoms with Crippen molar-refractivity contribution in [2.45, 2.75) is 13.1 Å². The Morgan fingerprint density at radius 2 is 2.09 bits per heavy atom. The topological polar surface area (TPSA) is 59.1 Å². The highest BCUT2D eigenvalue weighted by atomic mass is 19.4. The molecule has 1 heterocycles. The van der Waals surface area contributed by atoms with E-state index in [1.165, 1.54) is 19.2 Å². The molecule has 5 nitrogen and oxygen atoms in total. The molecule has 0 aliphatic carbocycles. The van der Waals surface area contributed by atoms with E-state index in [1.807, 2.05) is 0 Å². The molecule has 2 rings (SSSR count). The normalized spacial score (nSPS) is 11.2. The van der Waals surface area contributed by atoms with Crippen LogP contribution in [0.5, 0.6) is 5.75 Å². The number of nitrogens with zero attached hydrogens (tertiary/aromatic N) is 2. The van der Waals surface area contributed by atoms with E-state index >= 15 is 0 Å². The Kier molecular flexibility index (Phi) is 4.87. The molecule has 123 valence electrons. The number of rotatable bonds is 5. The third-order valence-corrected chi connectivity index (χ3v) is 2.79. The van der Waals surface area contributed by atoms with Gasteiger partial charge >= 0.3 is 6.18 Å². The second-order valence-corrected chi connectivity index (χ2v) is 4.35. The maximum atomic E-state index is 13.6. The van der Waals surface area contributed by atoms with E-state index in [4.69, 9.17) is 4.74 Å². The van der Waals surface area contributed by atoms with E-state index < -0.39 is 17.6 Å². The predicted molar refractivity (Wildman–Crippen MR) is 76.3 cm³/mol. The first-order chi connectivity index (χ1) is 10.9. The fourth-order valence-corrected chi connectivity index (χ4v) is 1.83. The summed E-state index contributed by atoms with van der Waals surface area (Å²) >= 11 is 0. The Labute approximate surface area is 129 Å². The molecule has 1 aromatic carbocycles. The van der Waals surface area contributed by atoms with E-state index in [-0.39, 0.29) is 29.7 Å². The lowest BCUT2D eigenvalue weighted by molar-refractivity contribution is -0.137. The third-order valence-electron chi connectivity index (χ3n) is 2.79.